The molecule has 0 amide bonds. The van der Waals surface area contributed by atoms with Gasteiger partial charge in [-0.2, -0.15) is 0 Å². The Labute approximate surface area is 124 Å². The van der Waals surface area contributed by atoms with Gasteiger partial charge in [-0.05, 0) is 32.0 Å². The maximum atomic E-state index is 12.3. The van der Waals surface area contributed by atoms with Crippen LogP contribution in [-0.2, 0) is 0 Å². The Morgan fingerprint density at radius 3 is 2.45 bits per heavy atom. The summed E-state index contributed by atoms with van der Waals surface area (Å²) >= 11 is 6.09. The van der Waals surface area contributed by atoms with Crippen molar-refractivity contribution in [1.82, 2.24) is 4.90 Å². The van der Waals surface area contributed by atoms with Crippen LogP contribution in [0.15, 0.2) is 12.1 Å². The number of ether oxygens (including phenoxy) is 2. The average Bonchev–Trinajstić information content (AvgIpc) is 2.97. The summed E-state index contributed by atoms with van der Waals surface area (Å²) in [4.78, 5) is 14.6. The minimum atomic E-state index is 0.0540. The van der Waals surface area contributed by atoms with Crippen LogP contribution in [0.5, 0.6) is 11.5 Å². The van der Waals surface area contributed by atoms with Crippen molar-refractivity contribution >= 4 is 17.4 Å². The lowest BCUT2D eigenvalue weighted by Gasteiger charge is -2.15. The average molecular weight is 298 g/mol. The first kappa shape index (κ1) is 15.1. The van der Waals surface area contributed by atoms with Gasteiger partial charge in [-0.3, -0.25) is 4.79 Å². The second-order valence-corrected chi connectivity index (χ2v) is 5.32. The van der Waals surface area contributed by atoms with Gasteiger partial charge in [-0.15, -0.1) is 0 Å². The van der Waals surface area contributed by atoms with Gasteiger partial charge in [0.05, 0.1) is 24.8 Å². The van der Waals surface area contributed by atoms with Crippen LogP contribution >= 0.6 is 11.6 Å². The van der Waals surface area contributed by atoms with Gasteiger partial charge in [0.15, 0.2) is 5.78 Å². The number of hydrogen-bond acceptors (Lipinski definition) is 4. The highest BCUT2D eigenvalue weighted by atomic mass is 35.5. The highest BCUT2D eigenvalue weighted by Gasteiger charge is 2.18. The number of ketones is 1. The summed E-state index contributed by atoms with van der Waals surface area (Å²) in [7, 11) is 3.08. The number of rotatable bonds is 6. The summed E-state index contributed by atoms with van der Waals surface area (Å²) in [6.45, 7) is 2.98. The van der Waals surface area contributed by atoms with Gasteiger partial charge in [0.25, 0.3) is 0 Å². The zero-order valence-electron chi connectivity index (χ0n) is 11.9. The molecule has 0 bridgehead atoms. The van der Waals surface area contributed by atoms with E-state index >= 15 is 0 Å². The van der Waals surface area contributed by atoms with Gasteiger partial charge >= 0.3 is 0 Å². The maximum Gasteiger partial charge on any atom is 0.167 e. The minimum absolute atomic E-state index is 0.0540. The Balaban J connectivity index is 2.09. The third-order valence-electron chi connectivity index (χ3n) is 3.63. The quantitative estimate of drug-likeness (QED) is 0.757. The number of benzene rings is 1. The molecule has 1 fully saturated rings. The van der Waals surface area contributed by atoms with Crippen molar-refractivity contribution in [3.8, 4) is 11.5 Å². The van der Waals surface area contributed by atoms with Crippen LogP contribution < -0.4 is 9.47 Å². The molecule has 0 N–H and O–H groups in total. The third-order valence-corrected chi connectivity index (χ3v) is 3.92. The normalized spacial score (nSPS) is 15.3. The molecule has 0 aliphatic carbocycles. The Morgan fingerprint density at radius 1 is 1.20 bits per heavy atom. The number of likely N-dealkylation sites (tertiary alicyclic amines) is 1. The predicted molar refractivity (Wildman–Crippen MR) is 79.2 cm³/mol. The summed E-state index contributed by atoms with van der Waals surface area (Å²) in [6, 6.07) is 3.29. The lowest BCUT2D eigenvalue weighted by Crippen LogP contribution is -2.22. The van der Waals surface area contributed by atoms with Crippen molar-refractivity contribution in [2.45, 2.75) is 19.3 Å². The molecule has 5 heteroatoms. The van der Waals surface area contributed by atoms with Crippen molar-refractivity contribution < 1.29 is 14.3 Å². The summed E-state index contributed by atoms with van der Waals surface area (Å²) in [6.07, 6.45) is 2.94. The zero-order chi connectivity index (χ0) is 14.5. The summed E-state index contributed by atoms with van der Waals surface area (Å²) in [5, 5.41) is 0.429. The van der Waals surface area contributed by atoms with E-state index in [1.165, 1.54) is 20.0 Å². The second-order valence-electron chi connectivity index (χ2n) is 4.91. The van der Waals surface area contributed by atoms with Crippen LogP contribution in [0, 0.1) is 0 Å². The lowest BCUT2D eigenvalue weighted by atomic mass is 10.1. The molecule has 0 spiro atoms. The molecule has 0 saturated carbocycles. The molecule has 1 aliphatic heterocycles. The highest BCUT2D eigenvalue weighted by molar-refractivity contribution is 6.32. The molecule has 0 aromatic heterocycles. The minimum Gasteiger partial charge on any atom is -0.496 e. The predicted octanol–water partition coefficient (Wildman–Crippen LogP) is 3.03. The smallest absolute Gasteiger partial charge is 0.167 e. The Morgan fingerprint density at radius 2 is 1.85 bits per heavy atom. The number of halogens is 1. The Hall–Kier alpha value is -1.26. The van der Waals surface area contributed by atoms with E-state index in [1.54, 1.807) is 19.2 Å². The van der Waals surface area contributed by atoms with Crippen LogP contribution in [0.25, 0.3) is 0 Å². The van der Waals surface area contributed by atoms with E-state index in [0.717, 1.165) is 19.6 Å². The molecule has 1 heterocycles. The molecule has 1 aliphatic rings. The van der Waals surface area contributed by atoms with E-state index in [4.69, 9.17) is 21.1 Å². The first-order valence-corrected chi connectivity index (χ1v) is 7.20. The summed E-state index contributed by atoms with van der Waals surface area (Å²) < 4.78 is 10.4. The fourth-order valence-corrected chi connectivity index (χ4v) is 2.72. The monoisotopic (exact) mass is 297 g/mol. The summed E-state index contributed by atoms with van der Waals surface area (Å²) in [5.74, 6) is 1.08. The number of methoxy groups -OCH3 is 2. The van der Waals surface area contributed by atoms with Gasteiger partial charge in [-0.1, -0.05) is 11.6 Å². The van der Waals surface area contributed by atoms with Gasteiger partial charge in [0, 0.05) is 19.0 Å². The van der Waals surface area contributed by atoms with Crippen LogP contribution in [0.1, 0.15) is 29.6 Å². The van der Waals surface area contributed by atoms with Gasteiger partial charge in [0.2, 0.25) is 0 Å². The highest BCUT2D eigenvalue weighted by Crippen LogP contribution is 2.33. The molecule has 2 rings (SSSR count). The molecule has 4 nitrogen and oxygen atoms in total. The number of carbonyl (C=O) groups excluding carboxylic acids is 1. The molecule has 0 radical (unpaired) electrons. The Bertz CT molecular complexity index is 484. The van der Waals surface area contributed by atoms with Crippen LogP contribution in [-0.4, -0.2) is 44.5 Å². The molecular weight excluding hydrogens is 278 g/mol. The molecule has 0 unspecified atom stereocenters. The summed E-state index contributed by atoms with van der Waals surface area (Å²) in [5.41, 5.74) is 0.525. The molecule has 110 valence electrons. The van der Waals surface area contributed by atoms with E-state index in [1.807, 2.05) is 0 Å². The van der Waals surface area contributed by atoms with E-state index < -0.39 is 0 Å². The largest absolute Gasteiger partial charge is 0.496 e. The molecule has 0 atom stereocenters. The lowest BCUT2D eigenvalue weighted by molar-refractivity contribution is 0.0966. The number of carbonyl (C=O) groups is 1. The van der Waals surface area contributed by atoms with Gasteiger partial charge in [-0.25, -0.2) is 0 Å². The van der Waals surface area contributed by atoms with E-state index in [0.29, 0.717) is 28.5 Å². The van der Waals surface area contributed by atoms with Gasteiger partial charge < -0.3 is 14.4 Å². The maximum absolute atomic E-state index is 12.3. The van der Waals surface area contributed by atoms with E-state index in [9.17, 15) is 4.79 Å². The topological polar surface area (TPSA) is 38.8 Å². The van der Waals surface area contributed by atoms with Crippen LogP contribution in [0.4, 0.5) is 0 Å². The molecule has 1 aromatic rings. The molecule has 20 heavy (non-hydrogen) atoms. The van der Waals surface area contributed by atoms with E-state index in [2.05, 4.69) is 4.90 Å². The first-order chi connectivity index (χ1) is 9.65. The van der Waals surface area contributed by atoms with E-state index in [-0.39, 0.29) is 5.78 Å². The van der Waals surface area contributed by atoms with Crippen LogP contribution in [0.3, 0.4) is 0 Å². The number of hydrogen-bond donors (Lipinski definition) is 0. The van der Waals surface area contributed by atoms with Crippen LogP contribution in [0.2, 0.25) is 5.02 Å². The van der Waals surface area contributed by atoms with Crippen molar-refractivity contribution in [2.24, 2.45) is 0 Å². The fraction of sp³-hybridized carbons (Fsp3) is 0.533. The zero-order valence-corrected chi connectivity index (χ0v) is 12.7. The molecular formula is C15H20ClNO3. The number of nitrogens with zero attached hydrogens (tertiary/aromatic N) is 1. The third kappa shape index (κ3) is 3.44. The number of Topliss-reactive ketones (excluding diaryl/α,β-unsaturated/α-hetero) is 1. The Kier molecular flexibility index (Phi) is 5.26. The van der Waals surface area contributed by atoms with Crippen molar-refractivity contribution in [3.05, 3.63) is 22.7 Å². The first-order valence-electron chi connectivity index (χ1n) is 6.82. The van der Waals surface area contributed by atoms with Gasteiger partial charge in [0.1, 0.15) is 11.5 Å². The standard InChI is InChI=1S/C15H20ClNO3/c1-19-14-10-15(20-2)12(16)9-11(14)13(18)5-8-17-6-3-4-7-17/h9-10H,3-8H2,1-2H3. The van der Waals surface area contributed by atoms with Crippen molar-refractivity contribution in [1.29, 1.82) is 0 Å². The molecule has 1 saturated heterocycles. The van der Waals surface area contributed by atoms with Crippen molar-refractivity contribution in [3.63, 3.8) is 0 Å². The molecule has 1 aromatic carbocycles. The SMILES string of the molecule is COc1cc(OC)c(C(=O)CCN2CCCC2)cc1Cl. The van der Waals surface area contributed by atoms with Crippen molar-refractivity contribution in [2.75, 3.05) is 33.9 Å². The fourth-order valence-electron chi connectivity index (χ4n) is 2.48. The second kappa shape index (κ2) is 6.95.